The van der Waals surface area contributed by atoms with Crippen LogP contribution in [0.1, 0.15) is 19.3 Å². The SMILES string of the molecule is CN1CCC2(CC1)C1CC12. The summed E-state index contributed by atoms with van der Waals surface area (Å²) in [4.78, 5) is 2.48. The molecule has 0 bridgehead atoms. The first-order valence-corrected chi connectivity index (χ1v) is 4.51. The van der Waals surface area contributed by atoms with Gasteiger partial charge in [-0.2, -0.15) is 0 Å². The Balaban J connectivity index is 1.70. The average Bonchev–Trinajstić information content (AvgIpc) is 2.75. The summed E-state index contributed by atoms with van der Waals surface area (Å²) in [7, 11) is 2.25. The summed E-state index contributed by atoms with van der Waals surface area (Å²) in [6.07, 6.45) is 4.61. The highest BCUT2D eigenvalue weighted by Crippen LogP contribution is 2.81. The van der Waals surface area contributed by atoms with Gasteiger partial charge in [-0.15, -0.1) is 0 Å². The van der Waals surface area contributed by atoms with Crippen LogP contribution in [-0.4, -0.2) is 25.0 Å². The molecule has 2 unspecified atom stereocenters. The molecule has 56 valence electrons. The highest BCUT2D eigenvalue weighted by molar-refractivity contribution is 5.23. The minimum Gasteiger partial charge on any atom is -0.306 e. The van der Waals surface area contributed by atoms with Crippen LogP contribution in [0, 0.1) is 17.3 Å². The molecule has 0 aromatic heterocycles. The monoisotopic (exact) mass is 137 g/mol. The van der Waals surface area contributed by atoms with Crippen molar-refractivity contribution in [3.8, 4) is 0 Å². The maximum atomic E-state index is 2.48. The van der Waals surface area contributed by atoms with Gasteiger partial charge in [0.1, 0.15) is 0 Å². The minimum atomic E-state index is 0.923. The lowest BCUT2D eigenvalue weighted by molar-refractivity contribution is 0.162. The first-order valence-electron chi connectivity index (χ1n) is 4.51. The van der Waals surface area contributed by atoms with Gasteiger partial charge in [0.05, 0.1) is 0 Å². The molecule has 10 heavy (non-hydrogen) atoms. The van der Waals surface area contributed by atoms with Crippen LogP contribution in [0.25, 0.3) is 0 Å². The lowest BCUT2D eigenvalue weighted by atomic mass is 9.84. The zero-order valence-electron chi connectivity index (χ0n) is 6.64. The molecule has 0 amide bonds. The summed E-state index contributed by atoms with van der Waals surface area (Å²) < 4.78 is 0. The third kappa shape index (κ3) is 0.493. The molecule has 1 aliphatic heterocycles. The van der Waals surface area contributed by atoms with Crippen LogP contribution in [0.4, 0.5) is 0 Å². The van der Waals surface area contributed by atoms with E-state index in [2.05, 4.69) is 11.9 Å². The van der Waals surface area contributed by atoms with Crippen LogP contribution in [0.15, 0.2) is 0 Å². The minimum absolute atomic E-state index is 0.923. The van der Waals surface area contributed by atoms with E-state index in [4.69, 9.17) is 0 Å². The maximum Gasteiger partial charge on any atom is -0.00163 e. The van der Waals surface area contributed by atoms with Crippen molar-refractivity contribution >= 4 is 0 Å². The van der Waals surface area contributed by atoms with Gasteiger partial charge in [-0.25, -0.2) is 0 Å². The first-order chi connectivity index (χ1) is 4.83. The van der Waals surface area contributed by atoms with Gasteiger partial charge < -0.3 is 4.90 Å². The van der Waals surface area contributed by atoms with Crippen molar-refractivity contribution in [1.82, 2.24) is 4.90 Å². The fourth-order valence-electron chi connectivity index (χ4n) is 2.95. The van der Waals surface area contributed by atoms with Crippen LogP contribution in [0.2, 0.25) is 0 Å². The smallest absolute Gasteiger partial charge is 0.00163 e. The van der Waals surface area contributed by atoms with Gasteiger partial charge in [0.15, 0.2) is 0 Å². The van der Waals surface area contributed by atoms with E-state index in [1.807, 2.05) is 0 Å². The molecule has 2 saturated carbocycles. The second kappa shape index (κ2) is 1.42. The Morgan fingerprint density at radius 3 is 2.20 bits per heavy atom. The summed E-state index contributed by atoms with van der Waals surface area (Å²) in [6, 6.07) is 0. The lowest BCUT2D eigenvalue weighted by Gasteiger charge is -2.33. The molecule has 1 saturated heterocycles. The number of hydrogen-bond donors (Lipinski definition) is 0. The van der Waals surface area contributed by atoms with Crippen molar-refractivity contribution < 1.29 is 0 Å². The molecular weight excluding hydrogens is 122 g/mol. The number of hydrogen-bond acceptors (Lipinski definition) is 1. The summed E-state index contributed by atoms with van der Waals surface area (Å²) >= 11 is 0. The molecule has 3 rings (SSSR count). The van der Waals surface area contributed by atoms with Gasteiger partial charge in [0, 0.05) is 0 Å². The van der Waals surface area contributed by atoms with Crippen molar-refractivity contribution in [2.75, 3.05) is 20.1 Å². The third-order valence-corrected chi connectivity index (χ3v) is 4.08. The fourth-order valence-corrected chi connectivity index (χ4v) is 2.95. The quantitative estimate of drug-likeness (QED) is 0.487. The number of piperidine rings is 1. The summed E-state index contributed by atoms with van der Waals surface area (Å²) in [5, 5.41) is 0. The molecular formula is C9H15N. The average molecular weight is 137 g/mol. The second-order valence-electron chi connectivity index (χ2n) is 4.49. The van der Waals surface area contributed by atoms with E-state index in [-0.39, 0.29) is 0 Å². The molecule has 0 aromatic rings. The Morgan fingerprint density at radius 1 is 1.20 bits per heavy atom. The Labute approximate surface area is 62.4 Å². The zero-order valence-corrected chi connectivity index (χ0v) is 6.64. The molecule has 0 radical (unpaired) electrons. The Bertz CT molecular complexity index is 158. The van der Waals surface area contributed by atoms with E-state index in [0.717, 1.165) is 5.41 Å². The Morgan fingerprint density at radius 2 is 1.80 bits per heavy atom. The molecule has 2 aliphatic carbocycles. The van der Waals surface area contributed by atoms with E-state index in [9.17, 15) is 0 Å². The summed E-state index contributed by atoms with van der Waals surface area (Å²) in [5.41, 5.74) is 0.923. The van der Waals surface area contributed by atoms with Gasteiger partial charge in [-0.1, -0.05) is 0 Å². The normalized spacial score (nSPS) is 48.9. The highest BCUT2D eigenvalue weighted by Gasteiger charge is 2.75. The van der Waals surface area contributed by atoms with Crippen molar-refractivity contribution in [3.63, 3.8) is 0 Å². The molecule has 1 heteroatoms. The Hall–Kier alpha value is -0.0400. The van der Waals surface area contributed by atoms with Crippen LogP contribution in [-0.2, 0) is 0 Å². The molecule has 2 atom stereocenters. The van der Waals surface area contributed by atoms with Crippen molar-refractivity contribution in [1.29, 1.82) is 0 Å². The first kappa shape index (κ1) is 5.59. The number of rotatable bonds is 0. The standard InChI is InChI=1S/C9H15N/c1-10-4-2-9(3-5-10)7-6-8(7)9/h7-8H,2-6H2,1H3. The number of likely N-dealkylation sites (tertiary alicyclic amines) is 1. The topological polar surface area (TPSA) is 3.24 Å². The van der Waals surface area contributed by atoms with Crippen LogP contribution < -0.4 is 0 Å². The predicted octanol–water partition coefficient (Wildman–Crippen LogP) is 1.35. The van der Waals surface area contributed by atoms with Crippen LogP contribution in [0.5, 0.6) is 0 Å². The van der Waals surface area contributed by atoms with Gasteiger partial charge in [-0.3, -0.25) is 0 Å². The van der Waals surface area contributed by atoms with E-state index in [1.165, 1.54) is 37.8 Å². The highest BCUT2D eigenvalue weighted by atomic mass is 15.1. The molecule has 0 N–H and O–H groups in total. The second-order valence-corrected chi connectivity index (χ2v) is 4.49. The van der Waals surface area contributed by atoms with E-state index < -0.39 is 0 Å². The van der Waals surface area contributed by atoms with Crippen molar-refractivity contribution in [2.45, 2.75) is 19.3 Å². The third-order valence-electron chi connectivity index (χ3n) is 4.08. The number of nitrogens with zero attached hydrogens (tertiary/aromatic N) is 1. The van der Waals surface area contributed by atoms with Gasteiger partial charge in [0.25, 0.3) is 0 Å². The van der Waals surface area contributed by atoms with E-state index in [1.54, 1.807) is 6.42 Å². The molecule has 0 aromatic carbocycles. The van der Waals surface area contributed by atoms with Gasteiger partial charge in [-0.05, 0) is 56.7 Å². The van der Waals surface area contributed by atoms with E-state index >= 15 is 0 Å². The molecule has 1 nitrogen and oxygen atoms in total. The van der Waals surface area contributed by atoms with E-state index in [0.29, 0.717) is 0 Å². The largest absolute Gasteiger partial charge is 0.306 e. The van der Waals surface area contributed by atoms with Crippen molar-refractivity contribution in [3.05, 3.63) is 0 Å². The van der Waals surface area contributed by atoms with Gasteiger partial charge >= 0.3 is 0 Å². The van der Waals surface area contributed by atoms with Gasteiger partial charge in [0.2, 0.25) is 0 Å². The summed E-state index contributed by atoms with van der Waals surface area (Å²) in [6.45, 7) is 2.74. The molecule has 1 spiro atoms. The maximum absolute atomic E-state index is 2.48. The fraction of sp³-hybridized carbons (Fsp3) is 1.00. The Kier molecular flexibility index (Phi) is 0.797. The lowest BCUT2D eigenvalue weighted by Crippen LogP contribution is -2.34. The zero-order chi connectivity index (χ0) is 6.77. The van der Waals surface area contributed by atoms with Crippen LogP contribution in [0.3, 0.4) is 0 Å². The van der Waals surface area contributed by atoms with Crippen molar-refractivity contribution in [2.24, 2.45) is 17.3 Å². The predicted molar refractivity (Wildman–Crippen MR) is 40.8 cm³/mol. The number of fused-ring (bicyclic) bond motifs is 3. The molecule has 3 fully saturated rings. The molecule has 3 aliphatic rings. The molecule has 1 heterocycles. The summed E-state index contributed by atoms with van der Waals surface area (Å²) in [5.74, 6) is 2.42. The van der Waals surface area contributed by atoms with Crippen LogP contribution >= 0.6 is 0 Å².